The molecule has 1 aliphatic carbocycles. The van der Waals surface area contributed by atoms with Gasteiger partial charge in [-0.3, -0.25) is 0 Å². The van der Waals surface area contributed by atoms with E-state index in [0.717, 1.165) is 28.7 Å². The average molecular weight is 210 g/mol. The maximum absolute atomic E-state index is 6.03. The normalized spacial score (nSPS) is 15.6. The van der Waals surface area contributed by atoms with Gasteiger partial charge in [-0.2, -0.15) is 0 Å². The van der Waals surface area contributed by atoms with Crippen molar-refractivity contribution in [3.63, 3.8) is 0 Å². The van der Waals surface area contributed by atoms with Crippen molar-refractivity contribution in [1.29, 1.82) is 0 Å². The summed E-state index contributed by atoms with van der Waals surface area (Å²) in [5.41, 5.74) is 2.28. The third kappa shape index (κ3) is 2.65. The van der Waals surface area contributed by atoms with Gasteiger partial charge in [0.1, 0.15) is 0 Å². The minimum atomic E-state index is 0.849. The zero-order chi connectivity index (χ0) is 9.97. The van der Waals surface area contributed by atoms with Crippen LogP contribution in [0.15, 0.2) is 18.2 Å². The monoisotopic (exact) mass is 209 g/mol. The highest BCUT2D eigenvalue weighted by atomic mass is 35.5. The maximum atomic E-state index is 6.03. The molecule has 2 heteroatoms. The van der Waals surface area contributed by atoms with E-state index in [4.69, 9.17) is 11.6 Å². The first kappa shape index (κ1) is 9.85. The molecule has 0 atom stereocenters. The van der Waals surface area contributed by atoms with E-state index < -0.39 is 0 Å². The number of rotatable bonds is 4. The number of hydrogen-bond donors (Lipinski definition) is 1. The van der Waals surface area contributed by atoms with Crippen LogP contribution >= 0.6 is 11.6 Å². The van der Waals surface area contributed by atoms with Crippen molar-refractivity contribution in [1.82, 2.24) is 0 Å². The lowest BCUT2D eigenvalue weighted by Crippen LogP contribution is -2.02. The van der Waals surface area contributed by atoms with Gasteiger partial charge < -0.3 is 5.32 Å². The second-order valence-electron chi connectivity index (χ2n) is 4.12. The summed E-state index contributed by atoms with van der Waals surface area (Å²) < 4.78 is 0. The molecular formula is C12H16ClN. The molecule has 0 aliphatic heterocycles. The standard InChI is InChI=1S/C12H16ClN/c1-9-2-5-11(8-12(9)13)14-7-6-10-3-4-10/h2,5,8,10,14H,3-4,6-7H2,1H3. The maximum Gasteiger partial charge on any atom is 0.0455 e. The Labute approximate surface area is 90.5 Å². The molecule has 14 heavy (non-hydrogen) atoms. The molecule has 1 N–H and O–H groups in total. The Balaban J connectivity index is 1.85. The van der Waals surface area contributed by atoms with Crippen molar-refractivity contribution in [3.8, 4) is 0 Å². The fourth-order valence-corrected chi connectivity index (χ4v) is 1.71. The summed E-state index contributed by atoms with van der Waals surface area (Å²) in [6, 6.07) is 6.15. The number of halogens is 1. The minimum absolute atomic E-state index is 0.849. The fraction of sp³-hybridized carbons (Fsp3) is 0.500. The van der Waals surface area contributed by atoms with Crippen molar-refractivity contribution in [2.24, 2.45) is 5.92 Å². The molecule has 1 saturated carbocycles. The Hall–Kier alpha value is -0.690. The summed E-state index contributed by atoms with van der Waals surface area (Å²) >= 11 is 6.03. The highest BCUT2D eigenvalue weighted by molar-refractivity contribution is 6.31. The third-order valence-electron chi connectivity index (χ3n) is 2.75. The number of hydrogen-bond acceptors (Lipinski definition) is 1. The Morgan fingerprint density at radius 2 is 2.21 bits per heavy atom. The van der Waals surface area contributed by atoms with Gasteiger partial charge >= 0.3 is 0 Å². The summed E-state index contributed by atoms with van der Waals surface area (Å²) in [6.07, 6.45) is 4.15. The Morgan fingerprint density at radius 3 is 2.86 bits per heavy atom. The lowest BCUT2D eigenvalue weighted by molar-refractivity contribution is 0.760. The van der Waals surface area contributed by atoms with Crippen molar-refractivity contribution in [2.45, 2.75) is 26.2 Å². The molecule has 0 saturated heterocycles. The molecule has 1 aromatic rings. The highest BCUT2D eigenvalue weighted by Gasteiger charge is 2.19. The van der Waals surface area contributed by atoms with Gasteiger partial charge in [0.2, 0.25) is 0 Å². The zero-order valence-corrected chi connectivity index (χ0v) is 9.27. The van der Waals surface area contributed by atoms with E-state index in [0.29, 0.717) is 0 Å². The number of nitrogens with one attached hydrogen (secondary N) is 1. The minimum Gasteiger partial charge on any atom is -0.385 e. The van der Waals surface area contributed by atoms with Gasteiger partial charge in [-0.05, 0) is 37.0 Å². The fourth-order valence-electron chi connectivity index (χ4n) is 1.53. The van der Waals surface area contributed by atoms with Gasteiger partial charge in [0.05, 0.1) is 0 Å². The predicted octanol–water partition coefficient (Wildman–Crippen LogP) is 3.86. The molecule has 0 bridgehead atoms. The molecule has 0 amide bonds. The van der Waals surface area contributed by atoms with Crippen LogP contribution in [0.25, 0.3) is 0 Å². The van der Waals surface area contributed by atoms with Crippen molar-refractivity contribution in [3.05, 3.63) is 28.8 Å². The SMILES string of the molecule is Cc1ccc(NCCC2CC2)cc1Cl. The highest BCUT2D eigenvalue weighted by Crippen LogP contribution is 2.32. The molecule has 0 aromatic heterocycles. The number of benzene rings is 1. The molecule has 0 radical (unpaired) electrons. The zero-order valence-electron chi connectivity index (χ0n) is 8.52. The molecule has 0 spiro atoms. The van der Waals surface area contributed by atoms with Gasteiger partial charge in [-0.15, -0.1) is 0 Å². The van der Waals surface area contributed by atoms with Gasteiger partial charge in [0.25, 0.3) is 0 Å². The molecule has 0 heterocycles. The topological polar surface area (TPSA) is 12.0 Å². The van der Waals surface area contributed by atoms with E-state index in [-0.39, 0.29) is 0 Å². The van der Waals surface area contributed by atoms with Crippen LogP contribution in [0.3, 0.4) is 0 Å². The number of anilines is 1. The molecule has 0 unspecified atom stereocenters. The summed E-state index contributed by atoms with van der Waals surface area (Å²) in [5.74, 6) is 0.989. The lowest BCUT2D eigenvalue weighted by atomic mass is 10.2. The van der Waals surface area contributed by atoms with Crippen LogP contribution in [-0.4, -0.2) is 6.54 Å². The molecule has 76 valence electrons. The van der Waals surface area contributed by atoms with Crippen LogP contribution < -0.4 is 5.32 Å². The van der Waals surface area contributed by atoms with E-state index in [1.807, 2.05) is 13.0 Å². The summed E-state index contributed by atoms with van der Waals surface area (Å²) in [4.78, 5) is 0. The molecule has 2 rings (SSSR count). The second-order valence-corrected chi connectivity index (χ2v) is 4.53. The van der Waals surface area contributed by atoms with E-state index in [1.54, 1.807) is 0 Å². The van der Waals surface area contributed by atoms with Gasteiger partial charge in [0.15, 0.2) is 0 Å². The number of aryl methyl sites for hydroxylation is 1. The third-order valence-corrected chi connectivity index (χ3v) is 3.16. The molecule has 1 aliphatic rings. The first-order valence-electron chi connectivity index (χ1n) is 5.26. The van der Waals surface area contributed by atoms with Crippen molar-refractivity contribution < 1.29 is 0 Å². The Kier molecular flexibility index (Phi) is 2.97. The lowest BCUT2D eigenvalue weighted by Gasteiger charge is -2.07. The van der Waals surface area contributed by atoms with E-state index in [2.05, 4.69) is 17.4 Å². The molecular weight excluding hydrogens is 194 g/mol. The predicted molar refractivity (Wildman–Crippen MR) is 62.0 cm³/mol. The summed E-state index contributed by atoms with van der Waals surface area (Å²) in [6.45, 7) is 3.10. The van der Waals surface area contributed by atoms with Gasteiger partial charge in [0, 0.05) is 17.3 Å². The van der Waals surface area contributed by atoms with Crippen LogP contribution in [0.2, 0.25) is 5.02 Å². The van der Waals surface area contributed by atoms with Crippen LogP contribution in [0.4, 0.5) is 5.69 Å². The molecule has 1 aromatic carbocycles. The van der Waals surface area contributed by atoms with E-state index >= 15 is 0 Å². The van der Waals surface area contributed by atoms with Crippen LogP contribution in [0.5, 0.6) is 0 Å². The van der Waals surface area contributed by atoms with Crippen LogP contribution in [0, 0.1) is 12.8 Å². The second kappa shape index (κ2) is 4.22. The Bertz CT molecular complexity index is 318. The van der Waals surface area contributed by atoms with Gasteiger partial charge in [-0.1, -0.05) is 30.5 Å². The smallest absolute Gasteiger partial charge is 0.0455 e. The first-order chi connectivity index (χ1) is 6.75. The molecule has 1 nitrogen and oxygen atoms in total. The van der Waals surface area contributed by atoms with E-state index in [1.165, 1.54) is 19.3 Å². The van der Waals surface area contributed by atoms with Crippen molar-refractivity contribution in [2.75, 3.05) is 11.9 Å². The van der Waals surface area contributed by atoms with E-state index in [9.17, 15) is 0 Å². The van der Waals surface area contributed by atoms with Gasteiger partial charge in [-0.25, -0.2) is 0 Å². The van der Waals surface area contributed by atoms with Crippen LogP contribution in [-0.2, 0) is 0 Å². The van der Waals surface area contributed by atoms with Crippen molar-refractivity contribution >= 4 is 17.3 Å². The Morgan fingerprint density at radius 1 is 1.43 bits per heavy atom. The first-order valence-corrected chi connectivity index (χ1v) is 5.63. The summed E-state index contributed by atoms with van der Waals surface area (Å²) in [7, 11) is 0. The summed E-state index contributed by atoms with van der Waals surface area (Å²) in [5, 5.41) is 4.25. The quantitative estimate of drug-likeness (QED) is 0.794. The average Bonchev–Trinajstić information content (AvgIpc) is 2.95. The molecule has 1 fully saturated rings. The van der Waals surface area contributed by atoms with Crippen LogP contribution in [0.1, 0.15) is 24.8 Å². The largest absolute Gasteiger partial charge is 0.385 e.